The second-order valence-electron chi connectivity index (χ2n) is 5.12. The molecule has 1 atom stereocenters. The highest BCUT2D eigenvalue weighted by molar-refractivity contribution is 6.34. The maximum absolute atomic E-state index is 12.1. The molecule has 110 valence electrons. The van der Waals surface area contributed by atoms with Crippen molar-refractivity contribution in [2.75, 3.05) is 0 Å². The van der Waals surface area contributed by atoms with Crippen LogP contribution in [0, 0.1) is 0 Å². The van der Waals surface area contributed by atoms with Crippen molar-refractivity contribution in [3.63, 3.8) is 0 Å². The number of rotatable bonds is 5. The zero-order chi connectivity index (χ0) is 15.5. The Morgan fingerprint density at radius 1 is 1.38 bits per heavy atom. The second kappa shape index (κ2) is 6.22. The summed E-state index contributed by atoms with van der Waals surface area (Å²) in [5.74, 6) is -0.0268. The lowest BCUT2D eigenvalue weighted by Gasteiger charge is -2.20. The number of aliphatic imine (C=N–C) groups is 1. The van der Waals surface area contributed by atoms with Crippen molar-refractivity contribution in [1.82, 2.24) is 0 Å². The van der Waals surface area contributed by atoms with E-state index in [1.807, 2.05) is 0 Å². The first kappa shape index (κ1) is 15.4. The molecule has 1 aromatic rings. The van der Waals surface area contributed by atoms with E-state index in [1.165, 1.54) is 6.92 Å². The van der Waals surface area contributed by atoms with Crippen molar-refractivity contribution >= 4 is 29.2 Å². The molecule has 0 aromatic heterocycles. The van der Waals surface area contributed by atoms with Crippen molar-refractivity contribution < 1.29 is 14.3 Å². The van der Waals surface area contributed by atoms with E-state index >= 15 is 0 Å². The Bertz CT molecular complexity index is 636. The average Bonchev–Trinajstić information content (AvgIpc) is 2.71. The number of allylic oxidation sites excluding steroid dienone is 1. The molecule has 0 saturated carbocycles. The van der Waals surface area contributed by atoms with Gasteiger partial charge in [-0.2, -0.15) is 4.99 Å². The second-order valence-corrected chi connectivity index (χ2v) is 5.52. The third-order valence-corrected chi connectivity index (χ3v) is 3.49. The van der Waals surface area contributed by atoms with Gasteiger partial charge < -0.3 is 4.74 Å². The third-order valence-electron chi connectivity index (χ3n) is 3.16. The van der Waals surface area contributed by atoms with Crippen LogP contribution in [0.4, 0.5) is 0 Å². The number of Topliss-reactive ketones (excluding diaryl/α,β-unsaturated/α-hetero) is 1. The molecule has 1 aliphatic heterocycles. The molecule has 0 N–H and O–H groups in total. The molecular weight excluding hydrogens is 290 g/mol. The number of halogens is 1. The van der Waals surface area contributed by atoms with Crippen LogP contribution in [0.5, 0.6) is 0 Å². The van der Waals surface area contributed by atoms with Crippen LogP contribution in [0.3, 0.4) is 0 Å². The number of hydrogen-bond donors (Lipinski definition) is 0. The molecule has 0 radical (unpaired) electrons. The zero-order valence-electron chi connectivity index (χ0n) is 11.9. The van der Waals surface area contributed by atoms with E-state index in [1.54, 1.807) is 43.3 Å². The number of nitrogens with zero attached hydrogens (tertiary/aromatic N) is 1. The van der Waals surface area contributed by atoms with Gasteiger partial charge in [0, 0.05) is 12.8 Å². The van der Waals surface area contributed by atoms with Gasteiger partial charge in [-0.3, -0.25) is 9.59 Å². The lowest BCUT2D eigenvalue weighted by atomic mass is 10.0. The highest BCUT2D eigenvalue weighted by Crippen LogP contribution is 2.29. The molecule has 1 aliphatic rings. The number of hydrogen-bond acceptors (Lipinski definition) is 3. The fraction of sp³-hybridized carbons (Fsp3) is 0.312. The van der Waals surface area contributed by atoms with Gasteiger partial charge in [0.15, 0.2) is 5.60 Å². The van der Waals surface area contributed by atoms with E-state index in [2.05, 4.69) is 4.99 Å². The van der Waals surface area contributed by atoms with Gasteiger partial charge in [-0.25, -0.2) is 0 Å². The smallest absolute Gasteiger partial charge is 0.293 e. The van der Waals surface area contributed by atoms with Crippen molar-refractivity contribution in [3.8, 4) is 0 Å². The quantitative estimate of drug-likeness (QED) is 0.784. The summed E-state index contributed by atoms with van der Waals surface area (Å²) in [6, 6.07) is 7.08. The lowest BCUT2D eigenvalue weighted by Crippen LogP contribution is -2.33. The molecule has 1 heterocycles. The fourth-order valence-electron chi connectivity index (χ4n) is 1.93. The summed E-state index contributed by atoms with van der Waals surface area (Å²) in [6.45, 7) is 3.20. The van der Waals surface area contributed by atoms with E-state index in [-0.39, 0.29) is 17.6 Å². The van der Waals surface area contributed by atoms with Crippen LogP contribution in [-0.4, -0.2) is 23.2 Å². The SMILES string of the molecule is CC(=O)C/C=C/C[C@@]1(C)OC(c2ccccc2Cl)=NC1=O. The fourth-order valence-corrected chi connectivity index (χ4v) is 2.14. The molecular formula is C16H16ClNO3. The van der Waals surface area contributed by atoms with Crippen LogP contribution in [0.25, 0.3) is 0 Å². The summed E-state index contributed by atoms with van der Waals surface area (Å²) in [4.78, 5) is 26.9. The minimum atomic E-state index is -1.04. The molecule has 4 nitrogen and oxygen atoms in total. The largest absolute Gasteiger partial charge is 0.460 e. The average molecular weight is 306 g/mol. The monoisotopic (exact) mass is 305 g/mol. The first-order valence-corrected chi connectivity index (χ1v) is 7.01. The Morgan fingerprint density at radius 3 is 2.76 bits per heavy atom. The predicted molar refractivity (Wildman–Crippen MR) is 81.5 cm³/mol. The summed E-state index contributed by atoms with van der Waals surface area (Å²) in [7, 11) is 0. The molecule has 0 fully saturated rings. The Labute approximate surface area is 128 Å². The van der Waals surface area contributed by atoms with Crippen LogP contribution in [0.2, 0.25) is 5.02 Å². The molecule has 1 amide bonds. The Morgan fingerprint density at radius 2 is 2.10 bits per heavy atom. The minimum absolute atomic E-state index is 0.0723. The molecule has 0 saturated heterocycles. The van der Waals surface area contributed by atoms with E-state index in [0.717, 1.165) is 0 Å². The van der Waals surface area contributed by atoms with Crippen molar-refractivity contribution in [1.29, 1.82) is 0 Å². The van der Waals surface area contributed by atoms with Crippen LogP contribution in [0.1, 0.15) is 32.3 Å². The topological polar surface area (TPSA) is 55.7 Å². The number of ether oxygens (including phenoxy) is 1. The number of ketones is 1. The Kier molecular flexibility index (Phi) is 4.58. The summed E-state index contributed by atoms with van der Waals surface area (Å²) in [6.07, 6.45) is 4.21. The Hall–Kier alpha value is -1.94. The first-order valence-electron chi connectivity index (χ1n) is 6.64. The predicted octanol–water partition coefficient (Wildman–Crippen LogP) is 3.33. The van der Waals surface area contributed by atoms with Crippen molar-refractivity contribution in [2.24, 2.45) is 4.99 Å². The summed E-state index contributed by atoms with van der Waals surface area (Å²) < 4.78 is 5.71. The number of amides is 1. The summed E-state index contributed by atoms with van der Waals surface area (Å²) in [5, 5.41) is 0.487. The highest BCUT2D eigenvalue weighted by Gasteiger charge is 2.41. The van der Waals surface area contributed by atoms with E-state index in [9.17, 15) is 9.59 Å². The summed E-state index contributed by atoms with van der Waals surface area (Å²) in [5.41, 5.74) is -0.439. The zero-order valence-corrected chi connectivity index (χ0v) is 12.7. The van der Waals surface area contributed by atoms with Crippen LogP contribution < -0.4 is 0 Å². The standard InChI is InChI=1S/C16H16ClNO3/c1-11(19)7-5-6-10-16(2)15(20)18-14(21-16)12-8-3-4-9-13(12)17/h3-6,8-9H,7,10H2,1-2H3/b6-5+/t16-/m1/s1. The van der Waals surface area contributed by atoms with Gasteiger partial charge in [0.1, 0.15) is 5.78 Å². The number of benzene rings is 1. The number of carbonyl (C=O) groups excluding carboxylic acids is 2. The maximum Gasteiger partial charge on any atom is 0.293 e. The van der Waals surface area contributed by atoms with Gasteiger partial charge in [-0.05, 0) is 26.0 Å². The molecule has 2 rings (SSSR count). The van der Waals surface area contributed by atoms with Crippen LogP contribution >= 0.6 is 11.6 Å². The van der Waals surface area contributed by atoms with Gasteiger partial charge in [-0.15, -0.1) is 0 Å². The molecule has 0 unspecified atom stereocenters. The highest BCUT2D eigenvalue weighted by atomic mass is 35.5. The van der Waals surface area contributed by atoms with Gasteiger partial charge in [0.2, 0.25) is 5.90 Å². The molecule has 0 spiro atoms. The molecule has 5 heteroatoms. The van der Waals surface area contributed by atoms with Crippen molar-refractivity contribution in [2.45, 2.75) is 32.3 Å². The lowest BCUT2D eigenvalue weighted by molar-refractivity contribution is -0.129. The van der Waals surface area contributed by atoms with Gasteiger partial charge in [-0.1, -0.05) is 35.9 Å². The number of carbonyl (C=O) groups is 2. The van der Waals surface area contributed by atoms with Crippen LogP contribution in [0.15, 0.2) is 41.4 Å². The molecule has 1 aromatic carbocycles. The molecule has 21 heavy (non-hydrogen) atoms. The van der Waals surface area contributed by atoms with E-state index < -0.39 is 5.60 Å². The normalized spacial score (nSPS) is 21.5. The van der Waals surface area contributed by atoms with Gasteiger partial charge in [0.25, 0.3) is 5.91 Å². The van der Waals surface area contributed by atoms with E-state index in [4.69, 9.17) is 16.3 Å². The maximum atomic E-state index is 12.1. The third kappa shape index (κ3) is 3.58. The molecule has 0 aliphatic carbocycles. The van der Waals surface area contributed by atoms with Crippen LogP contribution in [-0.2, 0) is 14.3 Å². The van der Waals surface area contributed by atoms with E-state index in [0.29, 0.717) is 23.4 Å². The Balaban J connectivity index is 2.10. The molecule has 0 bridgehead atoms. The van der Waals surface area contributed by atoms with Crippen molar-refractivity contribution in [3.05, 3.63) is 47.0 Å². The van der Waals surface area contributed by atoms with Gasteiger partial charge >= 0.3 is 0 Å². The first-order chi connectivity index (χ1) is 9.92. The minimum Gasteiger partial charge on any atom is -0.460 e. The van der Waals surface area contributed by atoms with Gasteiger partial charge in [0.05, 0.1) is 10.6 Å². The summed E-state index contributed by atoms with van der Waals surface area (Å²) >= 11 is 6.08.